The topological polar surface area (TPSA) is 72.8 Å². The first-order valence-electron chi connectivity index (χ1n) is 6.08. The zero-order valence-electron chi connectivity index (χ0n) is 14.6. The zero-order chi connectivity index (χ0) is 25.2. The lowest BCUT2D eigenvalue weighted by molar-refractivity contribution is -0.303. The molecule has 0 unspecified atom stereocenters. The van der Waals surface area contributed by atoms with E-state index >= 15 is 0 Å². The lowest BCUT2D eigenvalue weighted by Crippen LogP contribution is -2.28. The summed E-state index contributed by atoms with van der Waals surface area (Å²) in [7, 11) is -3.77. The van der Waals surface area contributed by atoms with Crippen LogP contribution in [0.15, 0.2) is 0 Å². The van der Waals surface area contributed by atoms with Gasteiger partial charge in [0.15, 0.2) is 6.86 Å². The average Bonchev–Trinajstić information content (AvgIpc) is 2.48. The highest BCUT2D eigenvalue weighted by atomic mass is 32.2. The first-order chi connectivity index (χ1) is 13.1. The van der Waals surface area contributed by atoms with E-state index in [9.17, 15) is 65.6 Å². The molecule has 33 heavy (non-hydrogen) atoms. The normalized spacial score (nSPS) is 8.85. The van der Waals surface area contributed by atoms with Crippen molar-refractivity contribution in [3.8, 4) is 0 Å². The monoisotopic (exact) mass is 562 g/mol. The lowest BCUT2D eigenvalue weighted by atomic mass is 10.4. The summed E-state index contributed by atoms with van der Waals surface area (Å²) in [5, 5.41) is 0. The van der Waals surface area contributed by atoms with E-state index in [4.69, 9.17) is 4.55 Å². The third-order valence-electron chi connectivity index (χ3n) is 0.865. The van der Waals surface area contributed by atoms with Gasteiger partial charge in [0, 0.05) is 0 Å². The van der Waals surface area contributed by atoms with Crippen molar-refractivity contribution in [2.45, 2.75) is 55.3 Å². The Labute approximate surface area is 186 Å². The Bertz CT molecular complexity index is 368. The largest absolute Gasteiger partial charge is 0.397 e. The second-order valence-electron chi connectivity index (χ2n) is 2.96. The number of halogens is 13. The molecule has 0 amide bonds. The van der Waals surface area contributed by atoms with Gasteiger partial charge >= 0.3 is 12.3 Å². The predicted molar refractivity (Wildman–Crippen MR) is 101 cm³/mol. The number of alkyl halides is 12. The van der Waals surface area contributed by atoms with E-state index in [1.54, 1.807) is 0 Å². The molecule has 5 nitrogen and oxygen atoms in total. The van der Waals surface area contributed by atoms with Crippen LogP contribution in [-0.4, -0.2) is 65.8 Å². The second-order valence-corrected chi connectivity index (χ2v) is 4.36. The van der Waals surface area contributed by atoms with Gasteiger partial charge in [-0.3, -0.25) is 18.1 Å². The van der Waals surface area contributed by atoms with Gasteiger partial charge in [0.25, 0.3) is 10.1 Å². The van der Waals surface area contributed by atoms with Gasteiger partial charge in [-0.2, -0.15) is 35.3 Å². The minimum Gasteiger partial charge on any atom is -0.288 e. The third kappa shape index (κ3) is 155. The van der Waals surface area contributed by atoms with Crippen molar-refractivity contribution < 1.29 is 79.9 Å². The van der Waals surface area contributed by atoms with Gasteiger partial charge in [0.1, 0.15) is 6.42 Å². The Morgan fingerprint density at radius 3 is 1.12 bits per heavy atom. The first kappa shape index (κ1) is 63.5. The minimum atomic E-state index is -5.06. The molecule has 218 valence electrons. The Balaban J connectivity index is -0.0000000264. The van der Waals surface area contributed by atoms with Crippen molar-refractivity contribution in [3.63, 3.8) is 0 Å². The van der Waals surface area contributed by atoms with Crippen LogP contribution in [0.4, 0.5) is 57.2 Å². The smallest absolute Gasteiger partial charge is 0.288 e. The minimum absolute atomic E-state index is 0. The molecule has 0 aliphatic heterocycles. The van der Waals surface area contributed by atoms with Gasteiger partial charge in [-0.1, -0.05) is 29.7 Å². The van der Waals surface area contributed by atoms with E-state index in [2.05, 4.69) is 9.68 Å². The Hall–Kier alpha value is -1.08. The van der Waals surface area contributed by atoms with Crippen LogP contribution in [0, 0.1) is 0 Å². The molecule has 0 heterocycles. The molecule has 0 rings (SSSR count). The maximum absolute atomic E-state index is 11.7. The number of hydrogen-bond donors (Lipinski definition) is 1. The number of ether oxygens (including phenoxy) is 1. The highest BCUT2D eigenvalue weighted by molar-refractivity contribution is 7.85. The van der Waals surface area contributed by atoms with Crippen LogP contribution >= 0.6 is 0 Å². The van der Waals surface area contributed by atoms with Crippen LogP contribution in [0.1, 0.15) is 43.1 Å². The quantitative estimate of drug-likeness (QED) is 0.271. The molecular weight excluding hydrogens is 527 g/mol. The van der Waals surface area contributed by atoms with Crippen molar-refractivity contribution in [2.75, 3.05) is 40.5 Å². The van der Waals surface area contributed by atoms with E-state index in [1.807, 2.05) is 0 Å². The maximum Gasteiger partial charge on any atom is 0.397 e. The van der Waals surface area contributed by atoms with E-state index in [1.165, 1.54) is 6.92 Å². The fraction of sp³-hybridized carbons (Fsp3) is 1.00. The SMILES string of the molecule is C.C.C.C.CCF.CF.FCF.FCF.FCOC(F)(F)CC(F)(F)F.O=S(=O)(O)COF. The molecule has 0 atom stereocenters. The first-order valence-corrected chi connectivity index (χ1v) is 7.69. The maximum atomic E-state index is 11.7. The van der Waals surface area contributed by atoms with Gasteiger partial charge in [0.2, 0.25) is 19.8 Å². The Kier molecular flexibility index (Phi) is 85.8. The fourth-order valence-corrected chi connectivity index (χ4v) is 0.533. The predicted octanol–water partition coefficient (Wildman–Crippen LogP) is 8.08. The summed E-state index contributed by atoms with van der Waals surface area (Å²) in [5.41, 5.74) is 0. The third-order valence-corrected chi connectivity index (χ3v) is 1.25. The van der Waals surface area contributed by atoms with Crippen LogP contribution in [0.3, 0.4) is 0 Å². The molecule has 0 aliphatic carbocycles. The van der Waals surface area contributed by atoms with Crippen LogP contribution in [0.2, 0.25) is 0 Å². The Morgan fingerprint density at radius 1 is 0.788 bits per heavy atom. The number of hydrogen-bond acceptors (Lipinski definition) is 4. The van der Waals surface area contributed by atoms with Gasteiger partial charge in [-0.25, -0.2) is 22.0 Å². The van der Waals surface area contributed by atoms with Crippen LogP contribution in [0.5, 0.6) is 0 Å². The molecule has 0 fully saturated rings. The van der Waals surface area contributed by atoms with Gasteiger partial charge in [-0.15, -0.1) is 0 Å². The highest BCUT2D eigenvalue weighted by Crippen LogP contribution is 2.32. The molecule has 0 radical (unpaired) electrons. The van der Waals surface area contributed by atoms with E-state index in [0.29, 0.717) is 7.18 Å². The molecule has 0 saturated carbocycles. The summed E-state index contributed by atoms with van der Waals surface area (Å²) in [6, 6.07) is 0. The molecule has 1 N–H and O–H groups in total. The zero-order valence-corrected chi connectivity index (χ0v) is 15.5. The summed E-state index contributed by atoms with van der Waals surface area (Å²) in [6.45, 7) is -4.23. The number of rotatable bonds is 5. The van der Waals surface area contributed by atoms with E-state index in [-0.39, 0.29) is 36.4 Å². The van der Waals surface area contributed by atoms with Crippen molar-refractivity contribution in [3.05, 3.63) is 0 Å². The highest BCUT2D eigenvalue weighted by Gasteiger charge is 2.44. The summed E-state index contributed by atoms with van der Waals surface area (Å²) in [4.78, 5) is 2.57. The van der Waals surface area contributed by atoms with Crippen molar-refractivity contribution in [2.24, 2.45) is 0 Å². The lowest BCUT2D eigenvalue weighted by Gasteiger charge is -2.15. The van der Waals surface area contributed by atoms with Crippen LogP contribution < -0.4 is 0 Å². The van der Waals surface area contributed by atoms with Crippen molar-refractivity contribution in [1.82, 2.24) is 0 Å². The van der Waals surface area contributed by atoms with Gasteiger partial charge in [-0.05, 0) is 11.4 Å². The molecule has 0 bridgehead atoms. The van der Waals surface area contributed by atoms with Crippen LogP contribution in [-0.2, 0) is 19.8 Å². The fourth-order valence-electron chi connectivity index (χ4n) is 0.420. The summed E-state index contributed by atoms with van der Waals surface area (Å²) in [6.07, 6.45) is -12.0. The van der Waals surface area contributed by atoms with Gasteiger partial charge < -0.3 is 0 Å². The standard InChI is InChI=1S/C4H4F6O.C2H5F.2CH2F2.CH3FO4S.CH3F.4CH4/c5-2-11-4(9,10)1-3(6,7)8;1-2-3;2*2-1-3;2-6-1-7(3,4)5;1-2;;;;/h1-2H2;2H2,1H3;2*1H2;1H2,(H,3,4,5);1H3;4*1H4. The molecule has 0 aliphatic rings. The second kappa shape index (κ2) is 44.6. The molecule has 0 aromatic heterocycles. The van der Waals surface area contributed by atoms with E-state index in [0.717, 1.165) is 0 Å². The van der Waals surface area contributed by atoms with E-state index < -0.39 is 55.5 Å². The van der Waals surface area contributed by atoms with Crippen LogP contribution in [0.25, 0.3) is 0 Å². The summed E-state index contributed by atoms with van der Waals surface area (Å²) < 4.78 is 166. The molecule has 0 aromatic carbocycles. The van der Waals surface area contributed by atoms with Gasteiger partial charge in [0.05, 0.1) is 13.9 Å². The van der Waals surface area contributed by atoms with Crippen molar-refractivity contribution >= 4 is 10.1 Å². The summed E-state index contributed by atoms with van der Waals surface area (Å²) in [5.74, 6) is -1.30. The average molecular weight is 562 g/mol. The molecule has 0 saturated heterocycles. The molecule has 19 heteroatoms. The molecular formula is C14H35F13O5S. The molecule has 0 aromatic rings. The molecule has 0 spiro atoms. The van der Waals surface area contributed by atoms with Crippen molar-refractivity contribution in [1.29, 1.82) is 0 Å². The summed E-state index contributed by atoms with van der Waals surface area (Å²) >= 11 is 0. The Morgan fingerprint density at radius 2 is 1.03 bits per heavy atom.